The number of rotatable bonds is 3. The van der Waals surface area contributed by atoms with Crippen LogP contribution >= 0.6 is 0 Å². The van der Waals surface area contributed by atoms with E-state index in [1.165, 1.54) is 6.92 Å². The number of Topliss-reactive ketones (excluding diaryl/α,β-unsaturated/α-hetero) is 1. The van der Waals surface area contributed by atoms with Crippen LogP contribution in [-0.2, 0) is 0 Å². The zero-order chi connectivity index (χ0) is 12.4. The zero-order valence-electron chi connectivity index (χ0n) is 10.1. The molecule has 0 atom stereocenters. The molecule has 0 aliphatic heterocycles. The van der Waals surface area contributed by atoms with Gasteiger partial charge in [0.15, 0.2) is 5.78 Å². The Bertz CT molecular complexity index is 573. The number of ketones is 1. The van der Waals surface area contributed by atoms with Crippen molar-refractivity contribution in [1.29, 1.82) is 0 Å². The summed E-state index contributed by atoms with van der Waals surface area (Å²) in [6, 6.07) is 9.36. The van der Waals surface area contributed by atoms with Gasteiger partial charge in [-0.25, -0.2) is 0 Å². The summed E-state index contributed by atoms with van der Waals surface area (Å²) in [7, 11) is 3.20. The number of carbonyl (C=O) groups excluding carboxylic acids is 1. The lowest BCUT2D eigenvalue weighted by molar-refractivity contribution is 0.101. The molecule has 3 nitrogen and oxygen atoms in total. The van der Waals surface area contributed by atoms with Gasteiger partial charge in [0.05, 0.1) is 19.8 Å². The fraction of sp³-hybridized carbons (Fsp3) is 0.214. The topological polar surface area (TPSA) is 35.5 Å². The molecule has 0 N–H and O–H groups in total. The van der Waals surface area contributed by atoms with Crippen LogP contribution in [0.15, 0.2) is 30.3 Å². The Morgan fingerprint density at radius 3 is 2.41 bits per heavy atom. The monoisotopic (exact) mass is 230 g/mol. The highest BCUT2D eigenvalue weighted by Crippen LogP contribution is 2.32. The van der Waals surface area contributed by atoms with Gasteiger partial charge in [0.25, 0.3) is 0 Å². The number of fused-ring (bicyclic) bond motifs is 1. The lowest BCUT2D eigenvalue weighted by Crippen LogP contribution is -1.98. The lowest BCUT2D eigenvalue weighted by atomic mass is 10.0. The van der Waals surface area contributed by atoms with Crippen molar-refractivity contribution in [1.82, 2.24) is 0 Å². The number of ether oxygens (including phenoxy) is 2. The smallest absolute Gasteiger partial charge is 0.163 e. The normalized spacial score (nSPS) is 10.3. The molecule has 17 heavy (non-hydrogen) atoms. The first kappa shape index (κ1) is 11.5. The van der Waals surface area contributed by atoms with E-state index in [0.29, 0.717) is 11.3 Å². The quantitative estimate of drug-likeness (QED) is 0.760. The summed E-state index contributed by atoms with van der Waals surface area (Å²) in [5, 5.41) is 1.91. The summed E-state index contributed by atoms with van der Waals surface area (Å²) in [6.07, 6.45) is 0. The molecule has 0 aliphatic rings. The van der Waals surface area contributed by atoms with E-state index >= 15 is 0 Å². The molecular formula is C14H14O3. The Morgan fingerprint density at radius 1 is 1.06 bits per heavy atom. The minimum atomic E-state index is -0.000400. The molecule has 0 saturated carbocycles. The Morgan fingerprint density at radius 2 is 1.82 bits per heavy atom. The van der Waals surface area contributed by atoms with Crippen LogP contribution in [0.3, 0.4) is 0 Å². The molecule has 0 unspecified atom stereocenters. The first-order chi connectivity index (χ1) is 8.17. The van der Waals surface area contributed by atoms with Crippen LogP contribution in [0.25, 0.3) is 10.8 Å². The fourth-order valence-corrected chi connectivity index (χ4v) is 1.90. The molecule has 0 fully saturated rings. The largest absolute Gasteiger partial charge is 0.497 e. The SMILES string of the molecule is COc1ccc2c(OC)c(C(C)=O)ccc2c1. The van der Waals surface area contributed by atoms with Crippen molar-refractivity contribution in [2.75, 3.05) is 14.2 Å². The van der Waals surface area contributed by atoms with Crippen molar-refractivity contribution in [2.24, 2.45) is 0 Å². The third kappa shape index (κ3) is 1.96. The molecule has 0 spiro atoms. The van der Waals surface area contributed by atoms with Crippen molar-refractivity contribution >= 4 is 16.6 Å². The summed E-state index contributed by atoms with van der Waals surface area (Å²) in [6.45, 7) is 1.53. The predicted molar refractivity (Wildman–Crippen MR) is 67.1 cm³/mol. The molecule has 2 aromatic carbocycles. The number of methoxy groups -OCH3 is 2. The molecule has 3 heteroatoms. The van der Waals surface area contributed by atoms with Gasteiger partial charge in [-0.15, -0.1) is 0 Å². The maximum absolute atomic E-state index is 11.5. The van der Waals surface area contributed by atoms with Crippen molar-refractivity contribution in [3.8, 4) is 11.5 Å². The van der Waals surface area contributed by atoms with E-state index in [9.17, 15) is 4.79 Å². The van der Waals surface area contributed by atoms with Gasteiger partial charge in [0, 0.05) is 5.39 Å². The van der Waals surface area contributed by atoms with E-state index in [1.54, 1.807) is 20.3 Å². The first-order valence-electron chi connectivity index (χ1n) is 5.33. The molecule has 0 aromatic heterocycles. The second kappa shape index (κ2) is 4.45. The van der Waals surface area contributed by atoms with Crippen molar-refractivity contribution < 1.29 is 14.3 Å². The van der Waals surface area contributed by atoms with Crippen LogP contribution in [0.1, 0.15) is 17.3 Å². The third-order valence-electron chi connectivity index (χ3n) is 2.76. The number of hydrogen-bond acceptors (Lipinski definition) is 3. The Hall–Kier alpha value is -2.03. The molecule has 0 radical (unpaired) electrons. The van der Waals surface area contributed by atoms with Crippen molar-refractivity contribution in [2.45, 2.75) is 6.92 Å². The van der Waals surface area contributed by atoms with Gasteiger partial charge in [-0.05, 0) is 36.6 Å². The fourth-order valence-electron chi connectivity index (χ4n) is 1.90. The molecule has 0 aliphatic carbocycles. The number of carbonyl (C=O) groups is 1. The summed E-state index contributed by atoms with van der Waals surface area (Å²) in [5.41, 5.74) is 0.602. The van der Waals surface area contributed by atoms with Crippen molar-refractivity contribution in [3.05, 3.63) is 35.9 Å². The van der Waals surface area contributed by atoms with Crippen molar-refractivity contribution in [3.63, 3.8) is 0 Å². The van der Waals surface area contributed by atoms with Gasteiger partial charge in [-0.2, -0.15) is 0 Å². The minimum absolute atomic E-state index is 0.000400. The third-order valence-corrected chi connectivity index (χ3v) is 2.76. The highest BCUT2D eigenvalue weighted by molar-refractivity contribution is 6.04. The van der Waals surface area contributed by atoms with E-state index in [4.69, 9.17) is 9.47 Å². The van der Waals surface area contributed by atoms with E-state index in [0.717, 1.165) is 16.5 Å². The molecule has 0 heterocycles. The highest BCUT2D eigenvalue weighted by Gasteiger charge is 2.11. The van der Waals surface area contributed by atoms with Gasteiger partial charge in [-0.3, -0.25) is 4.79 Å². The highest BCUT2D eigenvalue weighted by atomic mass is 16.5. The van der Waals surface area contributed by atoms with Gasteiger partial charge >= 0.3 is 0 Å². The second-order valence-electron chi connectivity index (χ2n) is 3.79. The van der Waals surface area contributed by atoms with Crippen LogP contribution in [-0.4, -0.2) is 20.0 Å². The van der Waals surface area contributed by atoms with E-state index < -0.39 is 0 Å². The van der Waals surface area contributed by atoms with Gasteiger partial charge in [-0.1, -0.05) is 6.07 Å². The van der Waals surface area contributed by atoms with Gasteiger partial charge in [0.1, 0.15) is 11.5 Å². The minimum Gasteiger partial charge on any atom is -0.497 e. The zero-order valence-corrected chi connectivity index (χ0v) is 10.1. The Labute approximate surface area is 100.0 Å². The molecule has 0 bridgehead atoms. The molecular weight excluding hydrogens is 216 g/mol. The number of hydrogen-bond donors (Lipinski definition) is 0. The molecule has 0 amide bonds. The summed E-state index contributed by atoms with van der Waals surface area (Å²) < 4.78 is 10.5. The van der Waals surface area contributed by atoms with Crippen LogP contribution < -0.4 is 9.47 Å². The van der Waals surface area contributed by atoms with E-state index in [1.807, 2.05) is 24.3 Å². The van der Waals surface area contributed by atoms with Crippen LogP contribution in [0.2, 0.25) is 0 Å². The molecule has 2 aromatic rings. The summed E-state index contributed by atoms with van der Waals surface area (Å²) >= 11 is 0. The standard InChI is InChI=1S/C14H14O3/c1-9(15)12-6-4-10-8-11(16-2)5-7-13(10)14(12)17-3/h4-8H,1-3H3. The van der Waals surface area contributed by atoms with Crippen LogP contribution in [0.5, 0.6) is 11.5 Å². The first-order valence-corrected chi connectivity index (χ1v) is 5.33. The summed E-state index contributed by atoms with van der Waals surface area (Å²) in [5.74, 6) is 1.41. The molecule has 88 valence electrons. The summed E-state index contributed by atoms with van der Waals surface area (Å²) in [4.78, 5) is 11.5. The van der Waals surface area contributed by atoms with E-state index in [-0.39, 0.29) is 5.78 Å². The second-order valence-corrected chi connectivity index (χ2v) is 3.79. The predicted octanol–water partition coefficient (Wildman–Crippen LogP) is 3.06. The number of benzene rings is 2. The lowest BCUT2D eigenvalue weighted by Gasteiger charge is -2.10. The van der Waals surface area contributed by atoms with Crippen LogP contribution in [0, 0.1) is 0 Å². The van der Waals surface area contributed by atoms with Crippen LogP contribution in [0.4, 0.5) is 0 Å². The van der Waals surface area contributed by atoms with Gasteiger partial charge in [0.2, 0.25) is 0 Å². The maximum atomic E-state index is 11.5. The average Bonchev–Trinajstić information content (AvgIpc) is 2.36. The average molecular weight is 230 g/mol. The molecule has 2 rings (SSSR count). The Balaban J connectivity index is 2.73. The molecule has 0 saturated heterocycles. The maximum Gasteiger partial charge on any atom is 0.163 e. The van der Waals surface area contributed by atoms with E-state index in [2.05, 4.69) is 0 Å². The van der Waals surface area contributed by atoms with Gasteiger partial charge < -0.3 is 9.47 Å². The Kier molecular flexibility index (Phi) is 3.00.